The Bertz CT molecular complexity index is 702. The fraction of sp³-hybridized carbons (Fsp3) is 0.300. The molecule has 3 N–H and O–H groups in total. The van der Waals surface area contributed by atoms with Gasteiger partial charge in [-0.3, -0.25) is 9.59 Å². The van der Waals surface area contributed by atoms with Crippen LogP contribution in [0.4, 0.5) is 0 Å². The zero-order valence-electron chi connectivity index (χ0n) is 14.8. The van der Waals surface area contributed by atoms with E-state index in [4.69, 9.17) is 10.5 Å². The summed E-state index contributed by atoms with van der Waals surface area (Å²) in [6, 6.07) is 16.0. The third kappa shape index (κ3) is 6.22. The van der Waals surface area contributed by atoms with Crippen molar-refractivity contribution < 1.29 is 19.1 Å². The van der Waals surface area contributed by atoms with E-state index in [0.29, 0.717) is 31.7 Å². The molecule has 0 saturated carbocycles. The molecule has 26 heavy (non-hydrogen) atoms. The van der Waals surface area contributed by atoms with E-state index in [0.717, 1.165) is 11.1 Å². The third-order valence-electron chi connectivity index (χ3n) is 3.85. The maximum Gasteiger partial charge on any atom is 0.305 e. The lowest BCUT2D eigenvalue weighted by Gasteiger charge is -2.13. The van der Waals surface area contributed by atoms with Gasteiger partial charge in [0.25, 0.3) is 0 Å². The van der Waals surface area contributed by atoms with Gasteiger partial charge in [0, 0.05) is 13.0 Å². The van der Waals surface area contributed by atoms with Crippen LogP contribution in [0.25, 0.3) is 0 Å². The van der Waals surface area contributed by atoms with Gasteiger partial charge in [-0.25, -0.2) is 0 Å². The Hall–Kier alpha value is -2.86. The second-order valence-electron chi connectivity index (χ2n) is 5.78. The van der Waals surface area contributed by atoms with E-state index < -0.39 is 6.04 Å². The van der Waals surface area contributed by atoms with Gasteiger partial charge in [-0.2, -0.15) is 0 Å². The minimum absolute atomic E-state index is 0.223. The van der Waals surface area contributed by atoms with Crippen molar-refractivity contribution in [1.29, 1.82) is 0 Å². The zero-order valence-corrected chi connectivity index (χ0v) is 14.8. The van der Waals surface area contributed by atoms with E-state index in [-0.39, 0.29) is 11.9 Å². The molecule has 0 heterocycles. The summed E-state index contributed by atoms with van der Waals surface area (Å²) in [5.41, 5.74) is 7.68. The molecule has 2 aromatic rings. The number of nitrogens with two attached hydrogens (primary N) is 1. The normalized spacial score (nSPS) is 11.5. The molecule has 6 heteroatoms. The molecule has 0 aliphatic heterocycles. The first-order valence-electron chi connectivity index (χ1n) is 8.47. The van der Waals surface area contributed by atoms with Crippen LogP contribution in [0.5, 0.6) is 5.75 Å². The number of esters is 1. The van der Waals surface area contributed by atoms with Crippen molar-refractivity contribution in [2.75, 3.05) is 13.7 Å². The van der Waals surface area contributed by atoms with Crippen LogP contribution in [0, 0.1) is 0 Å². The number of rotatable bonds is 9. The molecule has 2 rings (SSSR count). The zero-order chi connectivity index (χ0) is 18.8. The molecule has 0 saturated heterocycles. The summed E-state index contributed by atoms with van der Waals surface area (Å²) in [5, 5.41) is 2.83. The van der Waals surface area contributed by atoms with Gasteiger partial charge in [0.15, 0.2) is 0 Å². The number of carbonyl (C=O) groups excluding carboxylic acids is 2. The number of nitrogens with one attached hydrogen (secondary N) is 1. The maximum atomic E-state index is 12.1. The van der Waals surface area contributed by atoms with Gasteiger partial charge in [0.05, 0.1) is 13.7 Å². The topological polar surface area (TPSA) is 90.6 Å². The monoisotopic (exact) mass is 356 g/mol. The van der Waals surface area contributed by atoms with Gasteiger partial charge in [0.2, 0.25) is 5.91 Å². The lowest BCUT2D eigenvalue weighted by Crippen LogP contribution is -2.33. The molecule has 0 bridgehead atoms. The van der Waals surface area contributed by atoms with Gasteiger partial charge in [-0.15, -0.1) is 0 Å². The molecular formula is C20H24N2O4. The Balaban J connectivity index is 1.75. The highest BCUT2D eigenvalue weighted by Crippen LogP contribution is 2.14. The quantitative estimate of drug-likeness (QED) is 0.532. The number of hydrogen-bond acceptors (Lipinski definition) is 5. The van der Waals surface area contributed by atoms with E-state index in [1.165, 1.54) is 7.11 Å². The first-order chi connectivity index (χ1) is 12.6. The van der Waals surface area contributed by atoms with E-state index in [1.54, 1.807) is 0 Å². The molecule has 1 amide bonds. The number of hydrogen-bond donors (Lipinski definition) is 2. The highest BCUT2D eigenvalue weighted by Gasteiger charge is 2.14. The second-order valence-corrected chi connectivity index (χ2v) is 5.78. The van der Waals surface area contributed by atoms with Crippen LogP contribution in [0.15, 0.2) is 54.6 Å². The van der Waals surface area contributed by atoms with E-state index >= 15 is 0 Å². The van der Waals surface area contributed by atoms with Crippen molar-refractivity contribution in [1.82, 2.24) is 5.32 Å². The van der Waals surface area contributed by atoms with Gasteiger partial charge in [-0.1, -0.05) is 42.5 Å². The minimum atomic E-state index is -0.686. The summed E-state index contributed by atoms with van der Waals surface area (Å²) in [7, 11) is 1.37. The first-order valence-corrected chi connectivity index (χ1v) is 8.47. The molecule has 1 unspecified atom stereocenters. The summed E-state index contributed by atoms with van der Waals surface area (Å²) < 4.78 is 10.1. The van der Waals surface area contributed by atoms with Crippen LogP contribution in [0.1, 0.15) is 30.0 Å². The van der Waals surface area contributed by atoms with Crippen molar-refractivity contribution in [2.45, 2.75) is 25.4 Å². The Morgan fingerprint density at radius 2 is 1.77 bits per heavy atom. The van der Waals surface area contributed by atoms with E-state index in [1.807, 2.05) is 54.6 Å². The molecule has 0 aromatic heterocycles. The fourth-order valence-corrected chi connectivity index (χ4v) is 2.32. The molecule has 0 aliphatic rings. The third-order valence-corrected chi connectivity index (χ3v) is 3.85. The van der Waals surface area contributed by atoms with Crippen molar-refractivity contribution in [3.05, 3.63) is 65.7 Å². The summed E-state index contributed by atoms with van der Waals surface area (Å²) >= 11 is 0. The first kappa shape index (κ1) is 19.5. The Kier molecular flexibility index (Phi) is 7.64. The Labute approximate surface area is 153 Å². The number of benzene rings is 2. The van der Waals surface area contributed by atoms with Gasteiger partial charge in [-0.05, 0) is 29.7 Å². The predicted molar refractivity (Wildman–Crippen MR) is 98.4 cm³/mol. The van der Waals surface area contributed by atoms with Crippen molar-refractivity contribution in [3.63, 3.8) is 0 Å². The second kappa shape index (κ2) is 10.2. The molecule has 138 valence electrons. The number of carbonyl (C=O) groups is 2. The van der Waals surface area contributed by atoms with Crippen molar-refractivity contribution in [2.24, 2.45) is 5.73 Å². The van der Waals surface area contributed by atoms with E-state index in [2.05, 4.69) is 10.1 Å². The largest absolute Gasteiger partial charge is 0.494 e. The lowest BCUT2D eigenvalue weighted by atomic mass is 10.1. The molecule has 2 aromatic carbocycles. The minimum Gasteiger partial charge on any atom is -0.494 e. The average Bonchev–Trinajstić information content (AvgIpc) is 2.70. The maximum absolute atomic E-state index is 12.1. The van der Waals surface area contributed by atoms with Crippen LogP contribution in [0.3, 0.4) is 0 Å². The predicted octanol–water partition coefficient (Wildman–Crippen LogP) is 2.33. The molecule has 0 fully saturated rings. The summed E-state index contributed by atoms with van der Waals surface area (Å²) in [4.78, 5) is 23.2. The smallest absolute Gasteiger partial charge is 0.305 e. The number of ether oxygens (including phenoxy) is 2. The summed E-state index contributed by atoms with van der Waals surface area (Å²) in [5.74, 6) is 0.249. The standard InChI is InChI=1S/C20H24N2O4/c1-25-18(23)8-5-13-26-17-11-9-15(10-12-17)14-22-20(24)19(21)16-6-3-2-4-7-16/h2-4,6-7,9-12,19H,5,8,13-14,21H2,1H3,(H,22,24). The Morgan fingerprint density at radius 1 is 1.08 bits per heavy atom. The van der Waals surface area contributed by atoms with Crippen LogP contribution in [0.2, 0.25) is 0 Å². The highest BCUT2D eigenvalue weighted by atomic mass is 16.5. The molecule has 6 nitrogen and oxygen atoms in total. The van der Waals surface area contributed by atoms with Crippen molar-refractivity contribution in [3.8, 4) is 5.75 Å². The van der Waals surface area contributed by atoms with Crippen LogP contribution in [-0.2, 0) is 20.9 Å². The van der Waals surface area contributed by atoms with Crippen LogP contribution < -0.4 is 15.8 Å². The highest BCUT2D eigenvalue weighted by molar-refractivity contribution is 5.82. The van der Waals surface area contributed by atoms with E-state index in [9.17, 15) is 9.59 Å². The SMILES string of the molecule is COC(=O)CCCOc1ccc(CNC(=O)C(N)c2ccccc2)cc1. The Morgan fingerprint density at radius 3 is 2.42 bits per heavy atom. The number of methoxy groups -OCH3 is 1. The van der Waals surface area contributed by atoms with Crippen molar-refractivity contribution >= 4 is 11.9 Å². The molecule has 0 radical (unpaired) electrons. The van der Waals surface area contributed by atoms with Crippen LogP contribution in [-0.4, -0.2) is 25.6 Å². The number of amides is 1. The van der Waals surface area contributed by atoms with Crippen LogP contribution >= 0.6 is 0 Å². The van der Waals surface area contributed by atoms with Gasteiger partial charge in [0.1, 0.15) is 11.8 Å². The molecular weight excluding hydrogens is 332 g/mol. The molecule has 0 aliphatic carbocycles. The fourth-order valence-electron chi connectivity index (χ4n) is 2.32. The van der Waals surface area contributed by atoms with Gasteiger partial charge < -0.3 is 20.5 Å². The lowest BCUT2D eigenvalue weighted by molar-refractivity contribution is -0.140. The average molecular weight is 356 g/mol. The summed E-state index contributed by atoms with van der Waals surface area (Å²) in [6.45, 7) is 0.832. The molecule has 1 atom stereocenters. The molecule has 0 spiro atoms. The summed E-state index contributed by atoms with van der Waals surface area (Å²) in [6.07, 6.45) is 0.935. The van der Waals surface area contributed by atoms with Gasteiger partial charge >= 0.3 is 5.97 Å².